The third-order valence-corrected chi connectivity index (χ3v) is 6.49. The van der Waals surface area contributed by atoms with E-state index < -0.39 is 0 Å². The lowest BCUT2D eigenvalue weighted by Gasteiger charge is -2.45. The number of aryl methyl sites for hydroxylation is 1. The van der Waals surface area contributed by atoms with Gasteiger partial charge in [-0.3, -0.25) is 4.68 Å². The van der Waals surface area contributed by atoms with Crippen molar-refractivity contribution in [2.24, 2.45) is 7.05 Å². The highest BCUT2D eigenvalue weighted by atomic mass is 16.5. The molecule has 5 rings (SSSR count). The van der Waals surface area contributed by atoms with Crippen molar-refractivity contribution in [1.82, 2.24) is 24.6 Å². The molecule has 1 saturated heterocycles. The molecule has 9 nitrogen and oxygen atoms in total. The van der Waals surface area contributed by atoms with Crippen molar-refractivity contribution < 1.29 is 4.74 Å². The minimum Gasteiger partial charge on any atom is -0.494 e. The van der Waals surface area contributed by atoms with Gasteiger partial charge in [-0.2, -0.15) is 5.10 Å². The molecule has 9 heteroatoms. The highest BCUT2D eigenvalue weighted by Crippen LogP contribution is 2.40. The zero-order chi connectivity index (χ0) is 23.8. The molecule has 1 fully saturated rings. The average Bonchev–Trinajstić information content (AvgIpc) is 3.18. The Balaban J connectivity index is 1.42. The molecule has 2 aromatic carbocycles. The van der Waals surface area contributed by atoms with Crippen LogP contribution in [0.3, 0.4) is 0 Å². The maximum absolute atomic E-state index is 5.74. The number of hydrogen-bond donors (Lipinski definition) is 2. The topological polar surface area (TPSA) is 83.4 Å². The Morgan fingerprint density at radius 2 is 1.88 bits per heavy atom. The first kappa shape index (κ1) is 22.0. The van der Waals surface area contributed by atoms with E-state index in [0.29, 0.717) is 11.9 Å². The summed E-state index contributed by atoms with van der Waals surface area (Å²) in [5, 5.41) is 12.2. The Bertz CT molecular complexity index is 1330. The number of methoxy groups -OCH3 is 1. The molecule has 0 radical (unpaired) electrons. The van der Waals surface area contributed by atoms with Crippen LogP contribution in [-0.2, 0) is 7.05 Å². The molecule has 2 N–H and O–H groups in total. The minimum absolute atomic E-state index is 0.568. The first-order chi connectivity index (χ1) is 16.5. The molecule has 0 saturated carbocycles. The van der Waals surface area contributed by atoms with Crippen LogP contribution in [0.25, 0.3) is 22.2 Å². The van der Waals surface area contributed by atoms with Crippen molar-refractivity contribution in [3.8, 4) is 17.0 Å². The van der Waals surface area contributed by atoms with E-state index in [2.05, 4.69) is 79.9 Å². The first-order valence-corrected chi connectivity index (χ1v) is 11.3. The van der Waals surface area contributed by atoms with Crippen LogP contribution in [0.5, 0.6) is 5.75 Å². The number of likely N-dealkylation sites (N-methyl/N-ethyl adjacent to an activating group) is 1. The molecule has 0 atom stereocenters. The van der Waals surface area contributed by atoms with Gasteiger partial charge < -0.3 is 25.2 Å². The van der Waals surface area contributed by atoms with E-state index in [4.69, 9.17) is 4.74 Å². The zero-order valence-electron chi connectivity index (χ0n) is 20.2. The van der Waals surface area contributed by atoms with Crippen LogP contribution in [0.15, 0.2) is 48.9 Å². The van der Waals surface area contributed by atoms with Gasteiger partial charge in [0.2, 0.25) is 0 Å². The van der Waals surface area contributed by atoms with Crippen molar-refractivity contribution in [2.75, 3.05) is 56.9 Å². The summed E-state index contributed by atoms with van der Waals surface area (Å²) < 4.78 is 7.60. The second-order valence-corrected chi connectivity index (χ2v) is 8.80. The van der Waals surface area contributed by atoms with Gasteiger partial charge in [-0.15, -0.1) is 0 Å². The Morgan fingerprint density at radius 3 is 2.62 bits per heavy atom. The number of nitrogens with zero attached hydrogens (tertiary/aromatic N) is 6. The molecule has 1 aliphatic heterocycles. The fourth-order valence-electron chi connectivity index (χ4n) is 4.32. The molecule has 34 heavy (non-hydrogen) atoms. The van der Waals surface area contributed by atoms with Crippen molar-refractivity contribution in [3.05, 3.63) is 48.9 Å². The van der Waals surface area contributed by atoms with Gasteiger partial charge in [0.15, 0.2) is 0 Å². The van der Waals surface area contributed by atoms with Crippen LogP contribution in [0, 0.1) is 0 Å². The van der Waals surface area contributed by atoms with Gasteiger partial charge >= 0.3 is 0 Å². The molecule has 0 spiro atoms. The van der Waals surface area contributed by atoms with Gasteiger partial charge in [0.1, 0.15) is 17.9 Å². The van der Waals surface area contributed by atoms with Crippen LogP contribution in [0.1, 0.15) is 0 Å². The Kier molecular flexibility index (Phi) is 5.70. The zero-order valence-corrected chi connectivity index (χ0v) is 20.2. The molecule has 4 aromatic rings. The normalized spacial score (nSPS) is 13.9. The highest BCUT2D eigenvalue weighted by molar-refractivity contribution is 5.85. The van der Waals surface area contributed by atoms with Crippen molar-refractivity contribution in [2.45, 2.75) is 6.04 Å². The van der Waals surface area contributed by atoms with Crippen LogP contribution in [0.4, 0.5) is 22.9 Å². The monoisotopic (exact) mass is 458 g/mol. The number of ether oxygens (including phenoxy) is 1. The summed E-state index contributed by atoms with van der Waals surface area (Å²) >= 11 is 0. The number of benzene rings is 2. The third kappa shape index (κ3) is 3.99. The predicted molar refractivity (Wildman–Crippen MR) is 137 cm³/mol. The molecule has 2 aromatic heterocycles. The first-order valence-electron chi connectivity index (χ1n) is 11.3. The van der Waals surface area contributed by atoms with E-state index in [0.717, 1.165) is 58.1 Å². The molecule has 176 valence electrons. The van der Waals surface area contributed by atoms with Crippen LogP contribution < -0.4 is 20.3 Å². The van der Waals surface area contributed by atoms with Crippen molar-refractivity contribution >= 4 is 33.8 Å². The Morgan fingerprint density at radius 1 is 1.06 bits per heavy atom. The van der Waals surface area contributed by atoms with E-state index in [9.17, 15) is 0 Å². The van der Waals surface area contributed by atoms with Gasteiger partial charge in [0.25, 0.3) is 0 Å². The van der Waals surface area contributed by atoms with Gasteiger partial charge in [-0.25, -0.2) is 9.97 Å². The maximum Gasteiger partial charge on any atom is 0.144 e. The van der Waals surface area contributed by atoms with E-state index in [1.54, 1.807) is 13.4 Å². The molecular weight excluding hydrogens is 428 g/mol. The second-order valence-electron chi connectivity index (χ2n) is 8.80. The average molecular weight is 459 g/mol. The lowest BCUT2D eigenvalue weighted by molar-refractivity contribution is 0.247. The van der Waals surface area contributed by atoms with Crippen LogP contribution in [0.2, 0.25) is 0 Å². The van der Waals surface area contributed by atoms with Gasteiger partial charge in [-0.1, -0.05) is 6.07 Å². The quantitative estimate of drug-likeness (QED) is 0.435. The number of anilines is 4. The fourth-order valence-corrected chi connectivity index (χ4v) is 4.32. The molecule has 3 heterocycles. The summed E-state index contributed by atoms with van der Waals surface area (Å²) in [7, 11) is 9.82. The standard InChI is InChI=1S/C25H30N8O/c1-26-20-9-21(24(34-5)11-23(20)33-13-18(14-33)31(2)3)30-25-10-19(27-15-28-25)16-6-7-22-17(8-16)12-29-32(22)4/h6-12,15,18,26H,13-14H2,1-5H3,(H,27,28,30). The van der Waals surface area contributed by atoms with E-state index in [-0.39, 0.29) is 0 Å². The number of rotatable bonds is 7. The maximum atomic E-state index is 5.74. The summed E-state index contributed by atoms with van der Waals surface area (Å²) in [4.78, 5) is 13.6. The SMILES string of the molecule is CNc1cc(Nc2cc(-c3ccc4c(cnn4C)c3)ncn2)c(OC)cc1N1CC(N(C)C)C1. The van der Waals surface area contributed by atoms with Gasteiger partial charge in [0.05, 0.1) is 41.6 Å². The minimum atomic E-state index is 0.568. The number of aromatic nitrogens is 4. The lowest BCUT2D eigenvalue weighted by Crippen LogP contribution is -2.57. The third-order valence-electron chi connectivity index (χ3n) is 6.49. The summed E-state index contributed by atoms with van der Waals surface area (Å²) in [5.41, 5.74) is 5.95. The molecule has 0 aliphatic carbocycles. The summed E-state index contributed by atoms with van der Waals surface area (Å²) in [5.74, 6) is 1.46. The van der Waals surface area contributed by atoms with Crippen LogP contribution in [-0.4, -0.2) is 72.0 Å². The predicted octanol–water partition coefficient (Wildman–Crippen LogP) is 3.57. The lowest BCUT2D eigenvalue weighted by atomic mass is 10.1. The van der Waals surface area contributed by atoms with E-state index in [1.165, 1.54) is 0 Å². The molecule has 0 bridgehead atoms. The van der Waals surface area contributed by atoms with Gasteiger partial charge in [-0.05, 0) is 32.3 Å². The van der Waals surface area contributed by atoms with E-state index in [1.807, 2.05) is 31.0 Å². The van der Waals surface area contributed by atoms with E-state index >= 15 is 0 Å². The number of nitrogens with one attached hydrogen (secondary N) is 2. The number of fused-ring (bicyclic) bond motifs is 1. The summed E-state index contributed by atoms with van der Waals surface area (Å²) in [6, 6.07) is 12.9. The smallest absolute Gasteiger partial charge is 0.144 e. The van der Waals surface area contributed by atoms with Crippen molar-refractivity contribution in [1.29, 1.82) is 0 Å². The van der Waals surface area contributed by atoms with Crippen LogP contribution >= 0.6 is 0 Å². The Hall–Kier alpha value is -3.85. The second kappa shape index (κ2) is 8.83. The van der Waals surface area contributed by atoms with Gasteiger partial charge in [0, 0.05) is 56.3 Å². The molecule has 0 amide bonds. The Labute approximate surface area is 199 Å². The largest absolute Gasteiger partial charge is 0.494 e. The number of hydrogen-bond acceptors (Lipinski definition) is 8. The molecular formula is C25H30N8O. The fraction of sp³-hybridized carbons (Fsp3) is 0.320. The summed E-state index contributed by atoms with van der Waals surface area (Å²) in [6.45, 7) is 1.99. The van der Waals surface area contributed by atoms with Crippen molar-refractivity contribution in [3.63, 3.8) is 0 Å². The molecule has 0 unspecified atom stereocenters. The highest BCUT2D eigenvalue weighted by Gasteiger charge is 2.30. The molecule has 1 aliphatic rings. The summed E-state index contributed by atoms with van der Waals surface area (Å²) in [6.07, 6.45) is 3.44.